The number of aromatic nitrogens is 1. The standard InChI is InChI=1S/C21H21BrN4O3.ClH/c22-16-4-8-19(9-5-16)25-12-14-26(15-13-25)21(28)11-7-18-3-1-2-17(23-18)6-10-20(27)24-29;/h1-11,29H,12-15H2,(H,24,27);1H/b10-6+,11-7+;. The predicted molar refractivity (Wildman–Crippen MR) is 122 cm³/mol. The van der Waals surface area contributed by atoms with Gasteiger partial charge in [0.25, 0.3) is 5.91 Å². The first-order valence-electron chi connectivity index (χ1n) is 9.12. The number of anilines is 1. The van der Waals surface area contributed by atoms with Gasteiger partial charge in [-0.2, -0.15) is 0 Å². The molecule has 0 saturated carbocycles. The van der Waals surface area contributed by atoms with Crippen molar-refractivity contribution in [2.45, 2.75) is 0 Å². The van der Waals surface area contributed by atoms with Crippen molar-refractivity contribution in [2.75, 3.05) is 31.1 Å². The SMILES string of the molecule is Cl.O=C(/C=C/c1cccc(/C=C/C(=O)N2CCN(c3ccc(Br)cc3)CC2)n1)NO. The van der Waals surface area contributed by atoms with Gasteiger partial charge in [-0.3, -0.25) is 14.8 Å². The molecule has 1 aromatic heterocycles. The fourth-order valence-electron chi connectivity index (χ4n) is 2.95. The van der Waals surface area contributed by atoms with Crippen LogP contribution < -0.4 is 10.4 Å². The number of hydroxylamine groups is 1. The summed E-state index contributed by atoms with van der Waals surface area (Å²) in [5.74, 6) is -0.687. The maximum atomic E-state index is 12.5. The molecular formula is C21H22BrClN4O3. The number of nitrogens with zero attached hydrogens (tertiary/aromatic N) is 3. The molecule has 30 heavy (non-hydrogen) atoms. The van der Waals surface area contributed by atoms with Crippen molar-refractivity contribution in [2.24, 2.45) is 0 Å². The minimum atomic E-state index is -0.634. The average Bonchev–Trinajstić information content (AvgIpc) is 2.76. The summed E-state index contributed by atoms with van der Waals surface area (Å²) in [5, 5.41) is 8.50. The van der Waals surface area contributed by atoms with Gasteiger partial charge < -0.3 is 9.80 Å². The lowest BCUT2D eigenvalue weighted by Gasteiger charge is -2.35. The van der Waals surface area contributed by atoms with E-state index in [0.29, 0.717) is 24.5 Å². The van der Waals surface area contributed by atoms with Crippen molar-refractivity contribution >= 4 is 58.0 Å². The lowest BCUT2D eigenvalue weighted by molar-refractivity contribution is -0.126. The zero-order chi connectivity index (χ0) is 20.6. The summed E-state index contributed by atoms with van der Waals surface area (Å²) >= 11 is 3.44. The van der Waals surface area contributed by atoms with Gasteiger partial charge in [0.15, 0.2) is 0 Å². The number of pyridine rings is 1. The highest BCUT2D eigenvalue weighted by Crippen LogP contribution is 2.20. The molecule has 0 atom stereocenters. The summed E-state index contributed by atoms with van der Waals surface area (Å²) in [6, 6.07) is 13.5. The Hall–Kier alpha value is -2.68. The number of benzene rings is 1. The number of rotatable bonds is 5. The summed E-state index contributed by atoms with van der Waals surface area (Å²) in [6.07, 6.45) is 5.83. The summed E-state index contributed by atoms with van der Waals surface area (Å²) in [7, 11) is 0. The Labute approximate surface area is 189 Å². The lowest BCUT2D eigenvalue weighted by Crippen LogP contribution is -2.48. The molecule has 1 aliphatic heterocycles. The van der Waals surface area contributed by atoms with Crippen LogP contribution in [0.5, 0.6) is 0 Å². The van der Waals surface area contributed by atoms with E-state index in [0.717, 1.165) is 23.2 Å². The quantitative estimate of drug-likeness (QED) is 0.380. The lowest BCUT2D eigenvalue weighted by atomic mass is 10.2. The Balaban J connectivity index is 0.00000320. The first-order valence-corrected chi connectivity index (χ1v) is 9.91. The molecule has 0 spiro atoms. The second-order valence-electron chi connectivity index (χ2n) is 6.42. The Morgan fingerprint density at radius 2 is 1.57 bits per heavy atom. The molecule has 1 aromatic carbocycles. The topological polar surface area (TPSA) is 85.8 Å². The van der Waals surface area contributed by atoms with Gasteiger partial charge in [0.2, 0.25) is 5.91 Å². The Morgan fingerprint density at radius 3 is 2.17 bits per heavy atom. The maximum Gasteiger partial charge on any atom is 0.267 e. The molecule has 0 bridgehead atoms. The number of hydrogen-bond acceptors (Lipinski definition) is 5. The normalized spacial score (nSPS) is 14.1. The molecule has 158 valence electrons. The Kier molecular flexibility index (Phi) is 9.04. The van der Waals surface area contributed by atoms with E-state index in [1.54, 1.807) is 24.3 Å². The first-order chi connectivity index (χ1) is 14.0. The highest BCUT2D eigenvalue weighted by atomic mass is 79.9. The monoisotopic (exact) mass is 492 g/mol. The maximum absolute atomic E-state index is 12.5. The summed E-state index contributed by atoms with van der Waals surface area (Å²) in [4.78, 5) is 32.0. The van der Waals surface area contributed by atoms with E-state index in [9.17, 15) is 9.59 Å². The molecular weight excluding hydrogens is 472 g/mol. The molecule has 0 aliphatic carbocycles. The fourth-order valence-corrected chi connectivity index (χ4v) is 3.22. The Morgan fingerprint density at radius 1 is 0.967 bits per heavy atom. The molecule has 2 N–H and O–H groups in total. The number of carbonyl (C=O) groups is 2. The first kappa shape index (κ1) is 23.6. The molecule has 3 rings (SSSR count). The van der Waals surface area contributed by atoms with E-state index in [4.69, 9.17) is 5.21 Å². The molecule has 0 radical (unpaired) electrons. The molecule has 1 fully saturated rings. The van der Waals surface area contributed by atoms with Crippen LogP contribution in [0.25, 0.3) is 12.2 Å². The third-order valence-electron chi connectivity index (χ3n) is 4.49. The fraction of sp³-hybridized carbons (Fsp3) is 0.190. The third kappa shape index (κ3) is 6.69. The van der Waals surface area contributed by atoms with Crippen LogP contribution in [0.2, 0.25) is 0 Å². The van der Waals surface area contributed by atoms with Crippen LogP contribution in [0.15, 0.2) is 59.1 Å². The van der Waals surface area contributed by atoms with Gasteiger partial charge in [-0.25, -0.2) is 10.5 Å². The van der Waals surface area contributed by atoms with Crippen LogP contribution >= 0.6 is 28.3 Å². The smallest absolute Gasteiger partial charge is 0.267 e. The molecule has 7 nitrogen and oxygen atoms in total. The van der Waals surface area contributed by atoms with Crippen molar-refractivity contribution in [3.63, 3.8) is 0 Å². The number of nitrogens with one attached hydrogen (secondary N) is 1. The number of carbonyl (C=O) groups excluding carboxylic acids is 2. The van der Waals surface area contributed by atoms with E-state index in [2.05, 4.69) is 37.9 Å². The zero-order valence-corrected chi connectivity index (χ0v) is 18.5. The molecule has 2 heterocycles. The van der Waals surface area contributed by atoms with Gasteiger partial charge in [0, 0.05) is 48.5 Å². The molecule has 1 aliphatic rings. The van der Waals surface area contributed by atoms with Crippen molar-refractivity contribution in [1.82, 2.24) is 15.4 Å². The van der Waals surface area contributed by atoms with E-state index in [1.807, 2.05) is 17.0 Å². The minimum absolute atomic E-state index is 0. The molecule has 9 heteroatoms. The summed E-state index contributed by atoms with van der Waals surface area (Å²) in [6.45, 7) is 2.89. The van der Waals surface area contributed by atoms with Crippen LogP contribution in [0.4, 0.5) is 5.69 Å². The van der Waals surface area contributed by atoms with Gasteiger partial charge in [0.05, 0.1) is 11.4 Å². The highest BCUT2D eigenvalue weighted by Gasteiger charge is 2.19. The predicted octanol–water partition coefficient (Wildman–Crippen LogP) is 3.15. The van der Waals surface area contributed by atoms with Gasteiger partial charge in [-0.15, -0.1) is 12.4 Å². The van der Waals surface area contributed by atoms with Crippen LogP contribution in [-0.2, 0) is 9.59 Å². The molecule has 1 saturated heterocycles. The number of halogens is 2. The summed E-state index contributed by atoms with van der Waals surface area (Å²) < 4.78 is 1.05. The van der Waals surface area contributed by atoms with Crippen LogP contribution in [-0.4, -0.2) is 53.1 Å². The van der Waals surface area contributed by atoms with E-state index >= 15 is 0 Å². The zero-order valence-electron chi connectivity index (χ0n) is 16.1. The van der Waals surface area contributed by atoms with E-state index in [-0.39, 0.29) is 18.3 Å². The van der Waals surface area contributed by atoms with E-state index < -0.39 is 5.91 Å². The van der Waals surface area contributed by atoms with Crippen molar-refractivity contribution in [3.8, 4) is 0 Å². The molecule has 2 aromatic rings. The van der Waals surface area contributed by atoms with Gasteiger partial charge in [-0.05, 0) is 48.6 Å². The summed E-state index contributed by atoms with van der Waals surface area (Å²) in [5.41, 5.74) is 3.83. The molecule has 2 amide bonds. The van der Waals surface area contributed by atoms with Crippen molar-refractivity contribution in [1.29, 1.82) is 0 Å². The minimum Gasteiger partial charge on any atom is -0.368 e. The van der Waals surface area contributed by atoms with Crippen molar-refractivity contribution < 1.29 is 14.8 Å². The molecule has 0 unspecified atom stereocenters. The van der Waals surface area contributed by atoms with Gasteiger partial charge in [0.1, 0.15) is 0 Å². The Bertz CT molecular complexity index is 926. The second kappa shape index (κ2) is 11.5. The van der Waals surface area contributed by atoms with Crippen LogP contribution in [0.1, 0.15) is 11.4 Å². The third-order valence-corrected chi connectivity index (χ3v) is 5.02. The van der Waals surface area contributed by atoms with E-state index in [1.165, 1.54) is 23.7 Å². The second-order valence-corrected chi connectivity index (χ2v) is 7.33. The number of amides is 2. The highest BCUT2D eigenvalue weighted by molar-refractivity contribution is 9.10. The number of hydrogen-bond donors (Lipinski definition) is 2. The van der Waals surface area contributed by atoms with Gasteiger partial charge in [-0.1, -0.05) is 22.0 Å². The van der Waals surface area contributed by atoms with Gasteiger partial charge >= 0.3 is 0 Å². The average molecular weight is 494 g/mol. The van der Waals surface area contributed by atoms with Crippen LogP contribution in [0.3, 0.4) is 0 Å². The van der Waals surface area contributed by atoms with Crippen molar-refractivity contribution in [3.05, 3.63) is 70.5 Å². The van der Waals surface area contributed by atoms with Crippen LogP contribution in [0, 0.1) is 0 Å². The number of piperazine rings is 1. The largest absolute Gasteiger partial charge is 0.368 e.